The number of fused-ring (bicyclic) bond motifs is 2. The Hall–Kier alpha value is -3.64. The van der Waals surface area contributed by atoms with E-state index in [9.17, 15) is 9.90 Å². The zero-order valence-corrected chi connectivity index (χ0v) is 20.6. The van der Waals surface area contributed by atoms with E-state index in [1.807, 2.05) is 24.3 Å². The van der Waals surface area contributed by atoms with Gasteiger partial charge in [0.05, 0.1) is 11.0 Å². The van der Waals surface area contributed by atoms with Crippen LogP contribution >= 0.6 is 0 Å². The number of para-hydroxylation sites is 1. The lowest BCUT2D eigenvalue weighted by molar-refractivity contribution is -0.150. The highest BCUT2D eigenvalue weighted by atomic mass is 16.6. The molecule has 6 nitrogen and oxygen atoms in total. The van der Waals surface area contributed by atoms with Gasteiger partial charge in [0.2, 0.25) is 6.10 Å². The fourth-order valence-electron chi connectivity index (χ4n) is 4.45. The van der Waals surface area contributed by atoms with Gasteiger partial charge in [0.25, 0.3) is 0 Å². The molecule has 6 heteroatoms. The number of rotatable bonds is 10. The lowest BCUT2D eigenvalue weighted by atomic mass is 10.0. The van der Waals surface area contributed by atoms with Crippen molar-refractivity contribution in [2.24, 2.45) is 5.16 Å². The first-order chi connectivity index (χ1) is 17.0. The molecule has 0 saturated heterocycles. The van der Waals surface area contributed by atoms with E-state index in [0.29, 0.717) is 11.8 Å². The standard InChI is InChI=1S/C29H33N3O3/c1-4-26(29(33)34)35-31-27-23-13-8-9-14-25(23)32(28-21(3)20(2)15-16-24(27)28)18-10-17-30-19-22-11-6-5-7-12-22/h5-9,11-16,26,30H,4,10,17-19H2,1-3H3,(H,33,34)/b31-27+. The van der Waals surface area contributed by atoms with Crippen molar-refractivity contribution in [3.8, 4) is 0 Å². The Kier molecular flexibility index (Phi) is 7.83. The van der Waals surface area contributed by atoms with Crippen molar-refractivity contribution in [1.82, 2.24) is 9.88 Å². The van der Waals surface area contributed by atoms with E-state index < -0.39 is 12.1 Å². The van der Waals surface area contributed by atoms with Crippen LogP contribution in [-0.4, -0.2) is 28.3 Å². The first kappa shape index (κ1) is 24.5. The molecular weight excluding hydrogens is 438 g/mol. The van der Waals surface area contributed by atoms with Crippen molar-refractivity contribution in [3.05, 3.63) is 88.8 Å². The summed E-state index contributed by atoms with van der Waals surface area (Å²) in [7, 11) is 0. The van der Waals surface area contributed by atoms with Crippen LogP contribution in [0.3, 0.4) is 0 Å². The summed E-state index contributed by atoms with van der Waals surface area (Å²) in [6, 6.07) is 22.7. The maximum Gasteiger partial charge on any atom is 0.347 e. The molecule has 0 spiro atoms. The second-order valence-electron chi connectivity index (χ2n) is 8.87. The Bertz CT molecular complexity index is 1390. The third-order valence-electron chi connectivity index (χ3n) is 6.50. The second-order valence-corrected chi connectivity index (χ2v) is 8.87. The number of aliphatic carboxylic acids is 1. The van der Waals surface area contributed by atoms with Gasteiger partial charge in [-0.3, -0.25) is 0 Å². The van der Waals surface area contributed by atoms with Crippen molar-refractivity contribution in [3.63, 3.8) is 0 Å². The van der Waals surface area contributed by atoms with E-state index in [-0.39, 0.29) is 0 Å². The van der Waals surface area contributed by atoms with Gasteiger partial charge in [-0.05, 0) is 56.0 Å². The van der Waals surface area contributed by atoms with Crippen molar-refractivity contribution in [1.29, 1.82) is 0 Å². The fourth-order valence-corrected chi connectivity index (χ4v) is 4.45. The molecule has 1 unspecified atom stereocenters. The van der Waals surface area contributed by atoms with Gasteiger partial charge in [-0.25, -0.2) is 4.79 Å². The molecule has 2 N–H and O–H groups in total. The molecule has 0 saturated carbocycles. The summed E-state index contributed by atoms with van der Waals surface area (Å²) in [5.74, 6) is -1.01. The van der Waals surface area contributed by atoms with Crippen molar-refractivity contribution >= 4 is 27.8 Å². The van der Waals surface area contributed by atoms with Gasteiger partial charge in [-0.1, -0.05) is 72.7 Å². The fraction of sp³-hybridized carbons (Fsp3) is 0.310. The summed E-state index contributed by atoms with van der Waals surface area (Å²) >= 11 is 0. The summed E-state index contributed by atoms with van der Waals surface area (Å²) in [6.45, 7) is 8.62. The van der Waals surface area contributed by atoms with Crippen LogP contribution in [0.2, 0.25) is 0 Å². The molecule has 1 atom stereocenters. The quantitative estimate of drug-likeness (QED) is 0.187. The van der Waals surface area contributed by atoms with E-state index in [0.717, 1.165) is 47.9 Å². The molecule has 0 radical (unpaired) electrons. The highest BCUT2D eigenvalue weighted by Crippen LogP contribution is 2.25. The Morgan fingerprint density at radius 3 is 2.51 bits per heavy atom. The van der Waals surface area contributed by atoms with Gasteiger partial charge in [-0.15, -0.1) is 0 Å². The zero-order valence-electron chi connectivity index (χ0n) is 20.6. The molecule has 0 aliphatic rings. The van der Waals surface area contributed by atoms with Gasteiger partial charge in [0.15, 0.2) is 0 Å². The maximum atomic E-state index is 11.5. The minimum absolute atomic E-state index is 0.343. The van der Waals surface area contributed by atoms with Gasteiger partial charge in [0.1, 0.15) is 5.36 Å². The molecule has 0 fully saturated rings. The number of hydrogen-bond acceptors (Lipinski definition) is 4. The Labute approximate surface area is 205 Å². The predicted octanol–water partition coefficient (Wildman–Crippen LogP) is 5.29. The normalized spacial score (nSPS) is 12.8. The van der Waals surface area contributed by atoms with E-state index in [2.05, 4.69) is 71.4 Å². The van der Waals surface area contributed by atoms with E-state index >= 15 is 0 Å². The first-order valence-corrected chi connectivity index (χ1v) is 12.2. The lowest BCUT2D eigenvalue weighted by Gasteiger charge is -2.19. The SMILES string of the molecule is CCC(O/N=c1\c2ccccc2n(CCCNCc2ccccc2)c2c(C)c(C)ccc12)C(=O)O. The van der Waals surface area contributed by atoms with E-state index in [1.165, 1.54) is 16.7 Å². The van der Waals surface area contributed by atoms with Crippen LogP contribution in [0, 0.1) is 13.8 Å². The van der Waals surface area contributed by atoms with Crippen molar-refractivity contribution in [2.45, 2.75) is 52.8 Å². The number of aromatic nitrogens is 1. The topological polar surface area (TPSA) is 75.8 Å². The monoisotopic (exact) mass is 471 g/mol. The molecule has 4 rings (SSSR count). The highest BCUT2D eigenvalue weighted by molar-refractivity contribution is 5.95. The number of aryl methyl sites for hydroxylation is 3. The summed E-state index contributed by atoms with van der Waals surface area (Å²) in [4.78, 5) is 17.0. The third-order valence-corrected chi connectivity index (χ3v) is 6.50. The molecule has 35 heavy (non-hydrogen) atoms. The summed E-state index contributed by atoms with van der Waals surface area (Å²) in [5, 5.41) is 20.0. The molecule has 0 aliphatic heterocycles. The average Bonchev–Trinajstić information content (AvgIpc) is 2.87. The number of carboxylic acid groups (broad SMARTS) is 1. The van der Waals surface area contributed by atoms with Crippen molar-refractivity contribution < 1.29 is 14.7 Å². The van der Waals surface area contributed by atoms with E-state index in [4.69, 9.17) is 4.84 Å². The lowest BCUT2D eigenvalue weighted by Crippen LogP contribution is -2.23. The van der Waals surface area contributed by atoms with Crippen LogP contribution in [0.5, 0.6) is 0 Å². The van der Waals surface area contributed by atoms with Gasteiger partial charge >= 0.3 is 5.97 Å². The molecule has 0 aliphatic carbocycles. The van der Waals surface area contributed by atoms with Gasteiger partial charge in [-0.2, -0.15) is 0 Å². The van der Waals surface area contributed by atoms with Crippen LogP contribution in [0.1, 0.15) is 36.5 Å². The molecule has 182 valence electrons. The largest absolute Gasteiger partial charge is 0.478 e. The maximum absolute atomic E-state index is 11.5. The number of pyridine rings is 1. The third kappa shape index (κ3) is 5.38. The highest BCUT2D eigenvalue weighted by Gasteiger charge is 2.17. The molecular formula is C29H33N3O3. The molecule has 1 heterocycles. The Balaban J connectivity index is 1.73. The minimum Gasteiger partial charge on any atom is -0.478 e. The number of carboxylic acids is 1. The van der Waals surface area contributed by atoms with Gasteiger partial charge in [0, 0.05) is 23.9 Å². The molecule has 3 aromatic carbocycles. The molecule has 0 bridgehead atoms. The number of nitrogens with one attached hydrogen (secondary N) is 1. The smallest absolute Gasteiger partial charge is 0.347 e. The van der Waals surface area contributed by atoms with Crippen LogP contribution in [-0.2, 0) is 22.7 Å². The van der Waals surface area contributed by atoms with Crippen LogP contribution < -0.4 is 10.7 Å². The summed E-state index contributed by atoms with van der Waals surface area (Å²) in [6.07, 6.45) is 0.335. The predicted molar refractivity (Wildman–Crippen MR) is 140 cm³/mol. The van der Waals surface area contributed by atoms with Crippen molar-refractivity contribution in [2.75, 3.05) is 6.54 Å². The van der Waals surface area contributed by atoms with Crippen LogP contribution in [0.15, 0.2) is 71.9 Å². The first-order valence-electron chi connectivity index (χ1n) is 12.2. The number of nitrogens with zero attached hydrogens (tertiary/aromatic N) is 2. The number of carbonyl (C=O) groups is 1. The Morgan fingerprint density at radius 2 is 1.77 bits per heavy atom. The number of benzene rings is 3. The summed E-state index contributed by atoms with van der Waals surface area (Å²) < 4.78 is 2.37. The van der Waals surface area contributed by atoms with E-state index in [1.54, 1.807) is 6.92 Å². The van der Waals surface area contributed by atoms with Crippen LogP contribution in [0.25, 0.3) is 21.8 Å². The molecule has 1 aromatic heterocycles. The average molecular weight is 472 g/mol. The second kappa shape index (κ2) is 11.2. The zero-order chi connectivity index (χ0) is 24.8. The van der Waals surface area contributed by atoms with Crippen LogP contribution in [0.4, 0.5) is 0 Å². The van der Waals surface area contributed by atoms with Gasteiger partial charge < -0.3 is 19.8 Å². The molecule has 4 aromatic rings. The summed E-state index contributed by atoms with van der Waals surface area (Å²) in [5.41, 5.74) is 5.83. The molecule has 0 amide bonds. The minimum atomic E-state index is -1.01. The Morgan fingerprint density at radius 1 is 1.03 bits per heavy atom. The number of hydrogen-bond donors (Lipinski definition) is 2.